The molecule has 3 nitrogen and oxygen atoms in total. The molecule has 2 fully saturated rings. The van der Waals surface area contributed by atoms with E-state index < -0.39 is 0 Å². The molecule has 0 radical (unpaired) electrons. The van der Waals surface area contributed by atoms with Crippen molar-refractivity contribution in [2.45, 2.75) is 50.7 Å². The summed E-state index contributed by atoms with van der Waals surface area (Å²) in [5.41, 5.74) is 0.189. The van der Waals surface area contributed by atoms with Crippen LogP contribution in [0.2, 0.25) is 0 Å². The molecule has 0 aromatic carbocycles. The molecule has 0 aliphatic carbocycles. The van der Waals surface area contributed by atoms with Crippen molar-refractivity contribution in [3.63, 3.8) is 0 Å². The first-order valence-corrected chi connectivity index (χ1v) is 6.57. The lowest BCUT2D eigenvalue weighted by Crippen LogP contribution is -2.40. The maximum atomic E-state index is 5.81. The molecule has 3 heteroatoms. The Morgan fingerprint density at radius 1 is 1.44 bits per heavy atom. The molecule has 0 aromatic rings. The van der Waals surface area contributed by atoms with Gasteiger partial charge in [0, 0.05) is 19.3 Å². The molecule has 0 spiro atoms. The Bertz CT molecular complexity index is 216. The van der Waals surface area contributed by atoms with Gasteiger partial charge >= 0.3 is 0 Å². The van der Waals surface area contributed by atoms with Crippen LogP contribution in [0.3, 0.4) is 0 Å². The Kier molecular flexibility index (Phi) is 4.22. The van der Waals surface area contributed by atoms with E-state index in [0.717, 1.165) is 25.7 Å². The fourth-order valence-electron chi connectivity index (χ4n) is 3.13. The van der Waals surface area contributed by atoms with E-state index in [1.807, 2.05) is 0 Å². The van der Waals surface area contributed by atoms with E-state index in [9.17, 15) is 0 Å². The number of hydrogen-bond donors (Lipinski definition) is 1. The van der Waals surface area contributed by atoms with Crippen molar-refractivity contribution in [1.82, 2.24) is 5.32 Å². The normalized spacial score (nSPS) is 40.1. The maximum absolute atomic E-state index is 5.81. The zero-order valence-corrected chi connectivity index (χ0v) is 10.6. The van der Waals surface area contributed by atoms with Gasteiger partial charge in [0.05, 0.1) is 12.7 Å². The second-order valence-corrected chi connectivity index (χ2v) is 5.67. The van der Waals surface area contributed by atoms with Gasteiger partial charge in [0.1, 0.15) is 0 Å². The first-order valence-electron chi connectivity index (χ1n) is 6.57. The number of nitrogens with one attached hydrogen (secondary N) is 1. The molecule has 16 heavy (non-hydrogen) atoms. The topological polar surface area (TPSA) is 30.5 Å². The summed E-state index contributed by atoms with van der Waals surface area (Å²) in [4.78, 5) is 0. The van der Waals surface area contributed by atoms with Crippen LogP contribution < -0.4 is 5.32 Å². The Labute approximate surface area is 98.9 Å². The highest BCUT2D eigenvalue weighted by Crippen LogP contribution is 2.30. The summed E-state index contributed by atoms with van der Waals surface area (Å²) in [7, 11) is 1.78. The fraction of sp³-hybridized carbons (Fsp3) is 1.00. The molecule has 2 aliphatic rings. The standard InChI is InChI=1S/C13H25NO2/c1-13(10-15-2)8-11(9-14-13)7-12-5-3-4-6-16-12/h11-12,14H,3-10H2,1-2H3. The molecule has 0 saturated carbocycles. The van der Waals surface area contributed by atoms with Crippen LogP contribution in [0.1, 0.15) is 39.0 Å². The van der Waals surface area contributed by atoms with Crippen molar-refractivity contribution in [3.05, 3.63) is 0 Å². The fourth-order valence-corrected chi connectivity index (χ4v) is 3.13. The monoisotopic (exact) mass is 227 g/mol. The molecule has 3 atom stereocenters. The summed E-state index contributed by atoms with van der Waals surface area (Å²) in [5, 5.41) is 3.59. The van der Waals surface area contributed by atoms with Crippen LogP contribution in [-0.2, 0) is 9.47 Å². The Morgan fingerprint density at radius 2 is 2.31 bits per heavy atom. The van der Waals surface area contributed by atoms with E-state index in [0.29, 0.717) is 6.10 Å². The van der Waals surface area contributed by atoms with Crippen LogP contribution in [0, 0.1) is 5.92 Å². The molecule has 0 aromatic heterocycles. The lowest BCUT2D eigenvalue weighted by atomic mass is 9.90. The van der Waals surface area contributed by atoms with E-state index in [1.54, 1.807) is 7.11 Å². The van der Waals surface area contributed by atoms with Gasteiger partial charge in [-0.25, -0.2) is 0 Å². The van der Waals surface area contributed by atoms with Crippen LogP contribution in [0.25, 0.3) is 0 Å². The average Bonchev–Trinajstić information content (AvgIpc) is 2.62. The summed E-state index contributed by atoms with van der Waals surface area (Å²) in [6.45, 7) is 5.17. The van der Waals surface area contributed by atoms with Crippen LogP contribution in [0.15, 0.2) is 0 Å². The highest BCUT2D eigenvalue weighted by molar-refractivity contribution is 4.93. The Hall–Kier alpha value is -0.120. The van der Waals surface area contributed by atoms with Gasteiger partial charge in [0.2, 0.25) is 0 Å². The second kappa shape index (κ2) is 5.48. The summed E-state index contributed by atoms with van der Waals surface area (Å²) < 4.78 is 11.1. The number of ether oxygens (including phenoxy) is 2. The Balaban J connectivity index is 1.75. The lowest BCUT2D eigenvalue weighted by molar-refractivity contribution is 0.00211. The first-order chi connectivity index (χ1) is 7.72. The SMILES string of the molecule is COCC1(C)CC(CC2CCCCO2)CN1. The third-order valence-corrected chi connectivity index (χ3v) is 3.89. The molecule has 2 aliphatic heterocycles. The van der Waals surface area contributed by atoms with Crippen molar-refractivity contribution < 1.29 is 9.47 Å². The van der Waals surface area contributed by atoms with Gasteiger partial charge in [-0.15, -0.1) is 0 Å². The predicted octanol–water partition coefficient (Wildman–Crippen LogP) is 1.96. The van der Waals surface area contributed by atoms with E-state index >= 15 is 0 Å². The zero-order chi connectivity index (χ0) is 11.4. The minimum atomic E-state index is 0.189. The van der Waals surface area contributed by atoms with E-state index in [2.05, 4.69) is 12.2 Å². The molecule has 3 unspecified atom stereocenters. The largest absolute Gasteiger partial charge is 0.383 e. The molecular formula is C13H25NO2. The summed E-state index contributed by atoms with van der Waals surface area (Å²) in [6.07, 6.45) is 6.83. The zero-order valence-electron chi connectivity index (χ0n) is 10.6. The molecule has 2 heterocycles. The minimum absolute atomic E-state index is 0.189. The third kappa shape index (κ3) is 3.19. The highest BCUT2D eigenvalue weighted by Gasteiger charge is 2.35. The summed E-state index contributed by atoms with van der Waals surface area (Å²) in [6, 6.07) is 0. The van der Waals surface area contributed by atoms with E-state index in [1.165, 1.54) is 32.1 Å². The second-order valence-electron chi connectivity index (χ2n) is 5.67. The van der Waals surface area contributed by atoms with Crippen molar-refractivity contribution in [1.29, 1.82) is 0 Å². The van der Waals surface area contributed by atoms with Crippen molar-refractivity contribution in [2.75, 3.05) is 26.9 Å². The van der Waals surface area contributed by atoms with Gasteiger partial charge in [0.25, 0.3) is 0 Å². The van der Waals surface area contributed by atoms with Crippen LogP contribution in [0.5, 0.6) is 0 Å². The van der Waals surface area contributed by atoms with Gasteiger partial charge in [-0.3, -0.25) is 0 Å². The number of methoxy groups -OCH3 is 1. The van der Waals surface area contributed by atoms with E-state index in [4.69, 9.17) is 9.47 Å². The first kappa shape index (κ1) is 12.3. The third-order valence-electron chi connectivity index (χ3n) is 3.89. The van der Waals surface area contributed by atoms with Gasteiger partial charge in [0.15, 0.2) is 0 Å². The smallest absolute Gasteiger partial charge is 0.0641 e. The van der Waals surface area contributed by atoms with Gasteiger partial charge in [-0.2, -0.15) is 0 Å². The number of hydrogen-bond acceptors (Lipinski definition) is 3. The van der Waals surface area contributed by atoms with Gasteiger partial charge < -0.3 is 14.8 Å². The average molecular weight is 227 g/mol. The Morgan fingerprint density at radius 3 is 3.00 bits per heavy atom. The highest BCUT2D eigenvalue weighted by atomic mass is 16.5. The molecule has 2 rings (SSSR count). The van der Waals surface area contributed by atoms with E-state index in [-0.39, 0.29) is 5.54 Å². The molecule has 0 amide bonds. The van der Waals surface area contributed by atoms with Crippen LogP contribution >= 0.6 is 0 Å². The quantitative estimate of drug-likeness (QED) is 0.796. The molecule has 2 saturated heterocycles. The molecular weight excluding hydrogens is 202 g/mol. The minimum Gasteiger partial charge on any atom is -0.383 e. The molecule has 1 N–H and O–H groups in total. The molecule has 0 bridgehead atoms. The van der Waals surface area contributed by atoms with Crippen LogP contribution in [0.4, 0.5) is 0 Å². The molecule has 94 valence electrons. The maximum Gasteiger partial charge on any atom is 0.0641 e. The summed E-state index contributed by atoms with van der Waals surface area (Å²) in [5.74, 6) is 0.767. The summed E-state index contributed by atoms with van der Waals surface area (Å²) >= 11 is 0. The van der Waals surface area contributed by atoms with Crippen molar-refractivity contribution in [3.8, 4) is 0 Å². The van der Waals surface area contributed by atoms with Crippen molar-refractivity contribution in [2.24, 2.45) is 5.92 Å². The predicted molar refractivity (Wildman–Crippen MR) is 64.6 cm³/mol. The number of rotatable bonds is 4. The van der Waals surface area contributed by atoms with Crippen molar-refractivity contribution >= 4 is 0 Å². The van der Waals surface area contributed by atoms with Crippen LogP contribution in [-0.4, -0.2) is 38.5 Å². The lowest BCUT2D eigenvalue weighted by Gasteiger charge is -2.26. The van der Waals surface area contributed by atoms with Gasteiger partial charge in [-0.1, -0.05) is 0 Å². The van der Waals surface area contributed by atoms with Gasteiger partial charge in [-0.05, 0) is 51.5 Å².